The van der Waals surface area contributed by atoms with Crippen LogP contribution >= 0.6 is 0 Å². The Morgan fingerprint density at radius 2 is 0.844 bits per heavy atom. The molecule has 9 rings (SSSR count). The van der Waals surface area contributed by atoms with Crippen molar-refractivity contribution in [2.75, 3.05) is 0 Å². The van der Waals surface area contributed by atoms with E-state index in [1.807, 2.05) is 0 Å². The number of hydrogen-bond donors (Lipinski definition) is 0. The van der Waals surface area contributed by atoms with Gasteiger partial charge in [-0.1, -0.05) is 170 Å². The number of rotatable bonds is 4. The molecule has 0 aromatic heterocycles. The van der Waals surface area contributed by atoms with Gasteiger partial charge in [-0.05, 0) is 88.5 Å². The van der Waals surface area contributed by atoms with Gasteiger partial charge in [0.15, 0.2) is 0 Å². The van der Waals surface area contributed by atoms with Crippen LogP contribution in [0, 0.1) is 5.92 Å². The quantitative estimate of drug-likeness (QED) is 0.198. The fraction of sp³-hybridized carbons (Fsp3) is 0.0222. The van der Waals surface area contributed by atoms with Gasteiger partial charge in [0.25, 0.3) is 0 Å². The molecule has 0 N–H and O–H groups in total. The van der Waals surface area contributed by atoms with Crippen LogP contribution in [0.15, 0.2) is 181 Å². The molecule has 0 saturated carbocycles. The van der Waals surface area contributed by atoms with E-state index in [0.717, 1.165) is 0 Å². The highest BCUT2D eigenvalue weighted by molar-refractivity contribution is 6.07. The van der Waals surface area contributed by atoms with E-state index in [2.05, 4.69) is 176 Å². The number of allylic oxidation sites excluding steroid dienone is 8. The molecule has 0 radical (unpaired) electrons. The van der Waals surface area contributed by atoms with Gasteiger partial charge in [-0.2, -0.15) is 0 Å². The minimum Gasteiger partial charge on any atom is -0.0622 e. The van der Waals surface area contributed by atoms with Crippen molar-refractivity contribution in [1.29, 1.82) is 0 Å². The normalized spacial score (nSPS) is 16.0. The molecule has 0 amide bonds. The molecule has 6 aromatic rings. The van der Waals surface area contributed by atoms with Crippen LogP contribution in [0.4, 0.5) is 0 Å². The third kappa shape index (κ3) is 4.22. The topological polar surface area (TPSA) is 0 Å². The third-order valence-electron chi connectivity index (χ3n) is 9.53. The minimum absolute atomic E-state index is 0.254. The van der Waals surface area contributed by atoms with Gasteiger partial charge in [-0.3, -0.25) is 0 Å². The van der Waals surface area contributed by atoms with Crippen molar-refractivity contribution in [3.05, 3.63) is 191 Å². The van der Waals surface area contributed by atoms with Crippen molar-refractivity contribution in [1.82, 2.24) is 0 Å². The Morgan fingerprint density at radius 3 is 1.47 bits per heavy atom. The molecule has 210 valence electrons. The fourth-order valence-electron chi connectivity index (χ4n) is 7.48. The molecular formula is C45H30. The minimum atomic E-state index is 0.254. The molecule has 3 aliphatic rings. The van der Waals surface area contributed by atoms with E-state index in [-0.39, 0.29) is 5.92 Å². The van der Waals surface area contributed by atoms with Gasteiger partial charge in [-0.25, -0.2) is 0 Å². The summed E-state index contributed by atoms with van der Waals surface area (Å²) in [7, 11) is 0. The monoisotopic (exact) mass is 570 g/mol. The molecule has 45 heavy (non-hydrogen) atoms. The summed E-state index contributed by atoms with van der Waals surface area (Å²) in [6.07, 6.45) is 16.1. The van der Waals surface area contributed by atoms with E-state index in [9.17, 15) is 0 Å². The lowest BCUT2D eigenvalue weighted by Gasteiger charge is -2.31. The Bertz CT molecular complexity index is 2360. The summed E-state index contributed by atoms with van der Waals surface area (Å²) in [5.74, 6) is 0.254. The zero-order chi connectivity index (χ0) is 29.7. The van der Waals surface area contributed by atoms with Crippen LogP contribution in [0.5, 0.6) is 0 Å². The molecule has 1 unspecified atom stereocenters. The molecule has 0 bridgehead atoms. The lowest BCUT2D eigenvalue weighted by molar-refractivity contribution is 0.958. The van der Waals surface area contributed by atoms with Gasteiger partial charge in [0.05, 0.1) is 0 Å². The zero-order valence-corrected chi connectivity index (χ0v) is 24.8. The second-order valence-corrected chi connectivity index (χ2v) is 12.1. The van der Waals surface area contributed by atoms with Gasteiger partial charge < -0.3 is 0 Å². The van der Waals surface area contributed by atoms with Crippen molar-refractivity contribution >= 4 is 22.4 Å². The molecule has 0 heterocycles. The van der Waals surface area contributed by atoms with Gasteiger partial charge in [0, 0.05) is 5.92 Å². The summed E-state index contributed by atoms with van der Waals surface area (Å²) in [5.41, 5.74) is 14.2. The molecule has 0 aliphatic heterocycles. The van der Waals surface area contributed by atoms with Gasteiger partial charge in [0.1, 0.15) is 0 Å². The van der Waals surface area contributed by atoms with E-state index in [0.29, 0.717) is 0 Å². The lowest BCUT2D eigenvalue weighted by Crippen LogP contribution is -2.38. The van der Waals surface area contributed by atoms with Crippen molar-refractivity contribution in [3.63, 3.8) is 0 Å². The van der Waals surface area contributed by atoms with Gasteiger partial charge in [0.2, 0.25) is 0 Å². The number of fused-ring (bicyclic) bond motifs is 2. The predicted octanol–water partition coefficient (Wildman–Crippen LogP) is 10.1. The summed E-state index contributed by atoms with van der Waals surface area (Å²) >= 11 is 0. The van der Waals surface area contributed by atoms with Crippen LogP contribution in [0.2, 0.25) is 0 Å². The highest BCUT2D eigenvalue weighted by Crippen LogP contribution is 2.41. The summed E-state index contributed by atoms with van der Waals surface area (Å²) in [6.45, 7) is 0. The maximum Gasteiger partial charge on any atom is 0.0346 e. The first kappa shape index (κ1) is 25.7. The second kappa shape index (κ2) is 10.5. The largest absolute Gasteiger partial charge is 0.0622 e. The van der Waals surface area contributed by atoms with Crippen LogP contribution in [0.1, 0.15) is 0 Å². The zero-order valence-electron chi connectivity index (χ0n) is 24.8. The molecule has 0 spiro atoms. The lowest BCUT2D eigenvalue weighted by atomic mass is 9.72. The first-order chi connectivity index (χ1) is 22.3. The SMILES string of the molecule is C1=CC2=CC=CC3=c4c(-c5ccc(-c6ccccc6)cc5)c5ccccc5c(-c5ccc(-c6ccccc6)cc5)c4=CC(=C1)C23. The van der Waals surface area contributed by atoms with E-state index in [1.165, 1.54) is 82.4 Å². The fourth-order valence-corrected chi connectivity index (χ4v) is 7.48. The third-order valence-corrected chi connectivity index (χ3v) is 9.53. The summed E-state index contributed by atoms with van der Waals surface area (Å²) in [4.78, 5) is 0. The Balaban J connectivity index is 1.36. The average Bonchev–Trinajstić information content (AvgIpc) is 3.12. The Hall–Kier alpha value is -5.72. The first-order valence-electron chi connectivity index (χ1n) is 15.7. The molecule has 1 atom stereocenters. The molecule has 0 saturated heterocycles. The highest BCUT2D eigenvalue weighted by Gasteiger charge is 2.29. The van der Waals surface area contributed by atoms with E-state index in [4.69, 9.17) is 0 Å². The molecule has 0 fully saturated rings. The molecular weight excluding hydrogens is 540 g/mol. The Morgan fingerprint density at radius 1 is 0.378 bits per heavy atom. The van der Waals surface area contributed by atoms with Crippen molar-refractivity contribution in [3.8, 4) is 44.5 Å². The van der Waals surface area contributed by atoms with Crippen molar-refractivity contribution < 1.29 is 0 Å². The Kier molecular flexibility index (Phi) is 5.99. The van der Waals surface area contributed by atoms with Gasteiger partial charge >= 0.3 is 0 Å². The van der Waals surface area contributed by atoms with E-state index < -0.39 is 0 Å². The van der Waals surface area contributed by atoms with Crippen LogP contribution < -0.4 is 10.4 Å². The smallest absolute Gasteiger partial charge is 0.0346 e. The molecule has 3 aliphatic carbocycles. The molecule has 0 nitrogen and oxygen atoms in total. The van der Waals surface area contributed by atoms with E-state index in [1.54, 1.807) is 0 Å². The summed E-state index contributed by atoms with van der Waals surface area (Å²) < 4.78 is 0. The standard InChI is InChI=1S/C45H30/c1-3-11-30(12-4-1)32-21-25-35(26-22-32)43-38-18-7-8-19-39(38)44(36-27-23-33(24-28-36)31-13-5-2-6-14-31)45-40-20-10-16-34-15-9-17-37(42(34)40)29-41(43)45/h1-29,42H. The average molecular weight is 571 g/mol. The molecule has 0 heteroatoms. The van der Waals surface area contributed by atoms with Crippen molar-refractivity contribution in [2.24, 2.45) is 5.92 Å². The van der Waals surface area contributed by atoms with E-state index >= 15 is 0 Å². The van der Waals surface area contributed by atoms with Crippen LogP contribution in [0.25, 0.3) is 66.9 Å². The van der Waals surface area contributed by atoms with Crippen LogP contribution in [-0.2, 0) is 0 Å². The highest BCUT2D eigenvalue weighted by atomic mass is 14.3. The van der Waals surface area contributed by atoms with Crippen LogP contribution in [0.3, 0.4) is 0 Å². The Labute approximate surface area is 263 Å². The number of benzene rings is 6. The maximum absolute atomic E-state index is 2.47. The summed E-state index contributed by atoms with van der Waals surface area (Å²) in [5, 5.41) is 5.23. The van der Waals surface area contributed by atoms with Crippen molar-refractivity contribution in [2.45, 2.75) is 0 Å². The number of hydrogen-bond acceptors (Lipinski definition) is 0. The van der Waals surface area contributed by atoms with Gasteiger partial charge in [-0.15, -0.1) is 0 Å². The second-order valence-electron chi connectivity index (χ2n) is 12.1. The maximum atomic E-state index is 2.47. The predicted molar refractivity (Wildman–Crippen MR) is 191 cm³/mol. The summed E-state index contributed by atoms with van der Waals surface area (Å²) in [6, 6.07) is 48.6. The first-order valence-corrected chi connectivity index (χ1v) is 15.7. The van der Waals surface area contributed by atoms with Crippen LogP contribution in [-0.4, -0.2) is 0 Å². The molecule has 6 aromatic carbocycles.